The molecule has 1 aromatic carbocycles. The van der Waals surface area contributed by atoms with Crippen molar-refractivity contribution in [1.82, 2.24) is 5.43 Å². The third kappa shape index (κ3) is 11.2. The van der Waals surface area contributed by atoms with E-state index in [2.05, 4.69) is 34.6 Å². The number of hydrogen-bond acceptors (Lipinski definition) is 5. The Morgan fingerprint density at radius 1 is 1.23 bits per heavy atom. The summed E-state index contributed by atoms with van der Waals surface area (Å²) in [5.74, 6) is -1.30. The number of benzene rings is 1. The van der Waals surface area contributed by atoms with Gasteiger partial charge in [0.15, 0.2) is 0 Å². The fraction of sp³-hybridized carbons (Fsp3) is 0.333. The Balaban J connectivity index is 0.000000858. The molecular weight excluding hydrogens is 404 g/mol. The van der Waals surface area contributed by atoms with Gasteiger partial charge in [-0.3, -0.25) is 4.99 Å². The highest BCUT2D eigenvalue weighted by Crippen LogP contribution is 2.29. The van der Waals surface area contributed by atoms with E-state index < -0.39 is 11.9 Å². The number of nitrogens with zero attached hydrogens (tertiary/aromatic N) is 2. The van der Waals surface area contributed by atoms with Crippen LogP contribution in [0.2, 0.25) is 0 Å². The Labute approximate surface area is 181 Å². The van der Waals surface area contributed by atoms with Crippen LogP contribution in [-0.2, 0) is 16.0 Å². The Kier molecular flexibility index (Phi) is 13.4. The number of carboxylic acid groups (broad SMARTS) is 2. The standard InChI is InChI=1S/C17H24N4O.C4H4O4.H2O/c1-3-4-5-10-19-17(18)21-20-12-14-7-6-13-8-9-15(22-2)11-16(13)14;5-3(6)1-2-4(7)8;/h7-9,11-12H,3-6,10H2,1-2H3,(H3,18,19,21);1-2H,(H,5,6)(H,7,8);1H2/b20-12-;2-1-;. The average Bonchev–Trinajstić information content (AvgIpc) is 3.12. The molecule has 0 heterocycles. The van der Waals surface area contributed by atoms with Crippen molar-refractivity contribution in [2.75, 3.05) is 13.7 Å². The van der Waals surface area contributed by atoms with E-state index in [0.29, 0.717) is 18.1 Å². The molecule has 0 unspecified atom stereocenters. The Bertz CT molecular complexity index is 830. The van der Waals surface area contributed by atoms with Crippen molar-refractivity contribution < 1.29 is 30.0 Å². The second-order valence-corrected chi connectivity index (χ2v) is 6.24. The van der Waals surface area contributed by atoms with Crippen LogP contribution < -0.4 is 15.9 Å². The fourth-order valence-electron chi connectivity index (χ4n) is 2.49. The van der Waals surface area contributed by atoms with Crippen molar-refractivity contribution in [2.45, 2.75) is 32.6 Å². The minimum atomic E-state index is -1.26. The van der Waals surface area contributed by atoms with Gasteiger partial charge in [0.1, 0.15) is 5.75 Å². The van der Waals surface area contributed by atoms with Crippen LogP contribution in [0, 0.1) is 0 Å². The zero-order valence-corrected chi connectivity index (χ0v) is 17.7. The van der Waals surface area contributed by atoms with E-state index in [0.717, 1.165) is 36.3 Å². The van der Waals surface area contributed by atoms with Crippen molar-refractivity contribution in [3.05, 3.63) is 47.6 Å². The van der Waals surface area contributed by atoms with Gasteiger partial charge in [-0.15, -0.1) is 0 Å². The lowest BCUT2D eigenvalue weighted by molar-refractivity contribution is -0.134. The molecule has 0 amide bonds. The number of carbonyl (C=O) groups is 2. The van der Waals surface area contributed by atoms with E-state index in [-0.39, 0.29) is 5.48 Å². The monoisotopic (exact) mass is 434 g/mol. The molecule has 170 valence electrons. The number of hydrazone groups is 1. The van der Waals surface area contributed by atoms with E-state index in [1.807, 2.05) is 12.1 Å². The lowest BCUT2D eigenvalue weighted by atomic mass is 10.1. The number of nitrogens with two attached hydrogens (primary N) is 1. The van der Waals surface area contributed by atoms with Gasteiger partial charge >= 0.3 is 11.9 Å². The van der Waals surface area contributed by atoms with E-state index in [1.165, 1.54) is 18.4 Å². The summed E-state index contributed by atoms with van der Waals surface area (Å²) >= 11 is 0. The first-order valence-electron chi connectivity index (χ1n) is 9.47. The van der Waals surface area contributed by atoms with Gasteiger partial charge in [0.05, 0.1) is 13.3 Å². The van der Waals surface area contributed by atoms with Crippen LogP contribution in [0.25, 0.3) is 5.57 Å². The van der Waals surface area contributed by atoms with Gasteiger partial charge in [0.25, 0.3) is 0 Å². The van der Waals surface area contributed by atoms with Gasteiger partial charge in [0.2, 0.25) is 5.96 Å². The molecule has 2 rings (SSSR count). The number of hydrogen-bond donors (Lipinski definition) is 4. The fourth-order valence-corrected chi connectivity index (χ4v) is 2.49. The number of carboxylic acids is 2. The largest absolute Gasteiger partial charge is 0.497 e. The number of nitrogens with one attached hydrogen (secondary N) is 1. The number of ether oxygens (including phenoxy) is 1. The summed E-state index contributed by atoms with van der Waals surface area (Å²) in [5.41, 5.74) is 12.0. The highest BCUT2D eigenvalue weighted by molar-refractivity contribution is 6.12. The predicted octanol–water partition coefficient (Wildman–Crippen LogP) is 1.60. The summed E-state index contributed by atoms with van der Waals surface area (Å²) in [6.45, 7) is 2.91. The molecule has 1 aromatic rings. The zero-order valence-electron chi connectivity index (χ0n) is 17.7. The molecule has 31 heavy (non-hydrogen) atoms. The van der Waals surface area contributed by atoms with Crippen LogP contribution in [0.4, 0.5) is 0 Å². The lowest BCUT2D eigenvalue weighted by Gasteiger charge is -2.05. The highest BCUT2D eigenvalue weighted by atomic mass is 16.5. The van der Waals surface area contributed by atoms with Gasteiger partial charge in [0, 0.05) is 18.7 Å². The molecule has 0 fully saturated rings. The zero-order chi connectivity index (χ0) is 22.4. The van der Waals surface area contributed by atoms with Crippen molar-refractivity contribution in [3.8, 4) is 5.75 Å². The van der Waals surface area contributed by atoms with Gasteiger partial charge in [-0.05, 0) is 41.7 Å². The first-order chi connectivity index (χ1) is 14.4. The Morgan fingerprint density at radius 2 is 1.90 bits per heavy atom. The number of unbranched alkanes of at least 4 members (excludes halogenated alkanes) is 2. The third-order valence-corrected chi connectivity index (χ3v) is 3.96. The second-order valence-electron chi connectivity index (χ2n) is 6.24. The van der Waals surface area contributed by atoms with Crippen molar-refractivity contribution in [2.24, 2.45) is 15.8 Å². The lowest BCUT2D eigenvalue weighted by Crippen LogP contribution is -2.27. The molecule has 7 N–H and O–H groups in total. The number of methoxy groups -OCH3 is 1. The molecule has 0 saturated carbocycles. The van der Waals surface area contributed by atoms with E-state index in [4.69, 9.17) is 20.7 Å². The quantitative estimate of drug-likeness (QED) is 0.150. The maximum Gasteiger partial charge on any atom is 0.328 e. The van der Waals surface area contributed by atoms with Crippen molar-refractivity contribution in [3.63, 3.8) is 0 Å². The summed E-state index contributed by atoms with van der Waals surface area (Å²) in [6, 6.07) is 6.09. The smallest absolute Gasteiger partial charge is 0.328 e. The van der Waals surface area contributed by atoms with Crippen LogP contribution in [-0.4, -0.2) is 53.5 Å². The summed E-state index contributed by atoms with van der Waals surface area (Å²) in [5, 5.41) is 19.8. The molecule has 1 aliphatic rings. The number of aliphatic imine (C=N–C) groups is 1. The normalized spacial score (nSPS) is 12.5. The van der Waals surface area contributed by atoms with E-state index >= 15 is 0 Å². The number of fused-ring (bicyclic) bond motifs is 1. The van der Waals surface area contributed by atoms with Crippen LogP contribution in [0.3, 0.4) is 0 Å². The van der Waals surface area contributed by atoms with Gasteiger partial charge in [-0.1, -0.05) is 31.9 Å². The number of rotatable bonds is 9. The molecule has 0 aromatic heterocycles. The molecule has 0 atom stereocenters. The summed E-state index contributed by atoms with van der Waals surface area (Å²) in [7, 11) is 1.67. The molecule has 0 radical (unpaired) electrons. The summed E-state index contributed by atoms with van der Waals surface area (Å²) < 4.78 is 5.27. The van der Waals surface area contributed by atoms with Gasteiger partial charge in [-0.25, -0.2) is 15.0 Å². The number of guanidine groups is 1. The van der Waals surface area contributed by atoms with Gasteiger partial charge < -0.3 is 26.2 Å². The van der Waals surface area contributed by atoms with Crippen LogP contribution >= 0.6 is 0 Å². The minimum absolute atomic E-state index is 0. The van der Waals surface area contributed by atoms with Crippen molar-refractivity contribution in [1.29, 1.82) is 0 Å². The van der Waals surface area contributed by atoms with Crippen LogP contribution in [0.1, 0.15) is 37.3 Å². The molecule has 0 bridgehead atoms. The van der Waals surface area contributed by atoms with Gasteiger partial charge in [-0.2, -0.15) is 5.10 Å². The molecule has 1 aliphatic carbocycles. The highest BCUT2D eigenvalue weighted by Gasteiger charge is 2.13. The summed E-state index contributed by atoms with van der Waals surface area (Å²) in [6.07, 6.45) is 9.36. The number of aliphatic carboxylic acids is 2. The van der Waals surface area contributed by atoms with E-state index in [9.17, 15) is 9.59 Å². The molecule has 0 spiro atoms. The maximum absolute atomic E-state index is 9.55. The topological polar surface area (TPSA) is 178 Å². The van der Waals surface area contributed by atoms with Crippen LogP contribution in [0.5, 0.6) is 5.75 Å². The SMILES string of the molecule is CCCCCN=C(N)N/N=C\C1=CCc2ccc(OC)cc21.O.O=C(O)/C=C\C(=O)O. The van der Waals surface area contributed by atoms with E-state index in [1.54, 1.807) is 13.3 Å². The average molecular weight is 434 g/mol. The number of allylic oxidation sites excluding steroid dienone is 2. The molecular formula is C21H30N4O6. The van der Waals surface area contributed by atoms with Crippen LogP contribution in [0.15, 0.2) is 46.5 Å². The molecule has 10 nitrogen and oxygen atoms in total. The molecule has 10 heteroatoms. The minimum Gasteiger partial charge on any atom is -0.497 e. The molecule has 0 aliphatic heterocycles. The Morgan fingerprint density at radius 3 is 2.48 bits per heavy atom. The molecule has 0 saturated heterocycles. The maximum atomic E-state index is 9.55. The predicted molar refractivity (Wildman–Crippen MR) is 120 cm³/mol. The summed E-state index contributed by atoms with van der Waals surface area (Å²) in [4.78, 5) is 23.3. The third-order valence-electron chi connectivity index (χ3n) is 3.96. The second kappa shape index (κ2) is 15.2. The Hall–Kier alpha value is -3.66. The first-order valence-corrected chi connectivity index (χ1v) is 9.47. The first kappa shape index (κ1) is 27.3. The van der Waals surface area contributed by atoms with Crippen molar-refractivity contribution >= 4 is 29.7 Å².